The highest BCUT2D eigenvalue weighted by molar-refractivity contribution is 7.99. The summed E-state index contributed by atoms with van der Waals surface area (Å²) in [5.74, 6) is 0.109. The van der Waals surface area contributed by atoms with Crippen LogP contribution in [0, 0.1) is 5.82 Å². The lowest BCUT2D eigenvalue weighted by Crippen LogP contribution is -2.29. The molecule has 1 amide bonds. The summed E-state index contributed by atoms with van der Waals surface area (Å²) in [4.78, 5) is 18.5. The number of rotatable bonds is 3. The number of aryl methyl sites for hydroxylation is 1. The zero-order valence-electron chi connectivity index (χ0n) is 13.2. The summed E-state index contributed by atoms with van der Waals surface area (Å²) in [5.41, 5.74) is 2.06. The lowest BCUT2D eigenvalue weighted by atomic mass is 10.2. The van der Waals surface area contributed by atoms with Gasteiger partial charge in [-0.2, -0.15) is 0 Å². The zero-order chi connectivity index (χ0) is 16.7. The van der Waals surface area contributed by atoms with Crippen LogP contribution >= 0.6 is 11.8 Å². The number of likely N-dealkylation sites (tertiary alicyclic amines) is 1. The average molecular weight is 345 g/mol. The molecule has 0 N–H and O–H groups in total. The van der Waals surface area contributed by atoms with Crippen LogP contribution in [0.25, 0.3) is 22.1 Å². The second-order valence-corrected chi connectivity index (χ2v) is 6.81. The van der Waals surface area contributed by atoms with Crippen LogP contribution in [0.5, 0.6) is 0 Å². The van der Waals surface area contributed by atoms with Gasteiger partial charge >= 0.3 is 0 Å². The van der Waals surface area contributed by atoms with Crippen molar-refractivity contribution in [1.82, 2.24) is 24.6 Å². The molecule has 3 heterocycles. The summed E-state index contributed by atoms with van der Waals surface area (Å²) >= 11 is 1.29. The van der Waals surface area contributed by atoms with Gasteiger partial charge in [0.25, 0.3) is 0 Å². The van der Waals surface area contributed by atoms with Gasteiger partial charge in [0, 0.05) is 25.5 Å². The Hall–Kier alpha value is -2.22. The Labute approximate surface area is 142 Å². The van der Waals surface area contributed by atoms with E-state index >= 15 is 0 Å². The van der Waals surface area contributed by atoms with Crippen LogP contribution in [-0.4, -0.2) is 49.4 Å². The van der Waals surface area contributed by atoms with Gasteiger partial charge in [0.05, 0.1) is 11.3 Å². The Morgan fingerprint density at radius 1 is 1.29 bits per heavy atom. The molecule has 6 nitrogen and oxygen atoms in total. The van der Waals surface area contributed by atoms with E-state index in [0.717, 1.165) is 31.4 Å². The standard InChI is InChI=1S/C16H16FN5OS/c1-21-12-5-4-10(17)8-11(12)14-15(21)18-16(20-19-14)24-9-13(23)22-6-2-3-7-22/h4-5,8H,2-3,6-7,9H2,1H3. The van der Waals surface area contributed by atoms with Gasteiger partial charge < -0.3 is 9.47 Å². The maximum absolute atomic E-state index is 13.5. The number of benzene rings is 1. The second-order valence-electron chi connectivity index (χ2n) is 5.86. The Balaban J connectivity index is 1.62. The lowest BCUT2D eigenvalue weighted by molar-refractivity contribution is -0.127. The third-order valence-corrected chi connectivity index (χ3v) is 5.15. The van der Waals surface area contributed by atoms with Crippen LogP contribution in [0.4, 0.5) is 4.39 Å². The number of thioether (sulfide) groups is 1. The van der Waals surface area contributed by atoms with Crippen LogP contribution in [0.1, 0.15) is 12.8 Å². The summed E-state index contributed by atoms with van der Waals surface area (Å²) in [6.45, 7) is 1.68. The fourth-order valence-electron chi connectivity index (χ4n) is 3.06. The van der Waals surface area contributed by atoms with Gasteiger partial charge in [0.1, 0.15) is 11.3 Å². The summed E-state index contributed by atoms with van der Waals surface area (Å²) in [6.07, 6.45) is 2.15. The molecule has 124 valence electrons. The molecule has 0 saturated carbocycles. The van der Waals surface area contributed by atoms with E-state index < -0.39 is 0 Å². The Bertz CT molecular complexity index is 935. The fraction of sp³-hybridized carbons (Fsp3) is 0.375. The van der Waals surface area contributed by atoms with E-state index in [0.29, 0.717) is 27.5 Å². The number of hydrogen-bond acceptors (Lipinski definition) is 5. The minimum absolute atomic E-state index is 0.111. The first-order valence-corrected chi connectivity index (χ1v) is 8.81. The highest BCUT2D eigenvalue weighted by atomic mass is 32.2. The van der Waals surface area contributed by atoms with E-state index in [1.54, 1.807) is 6.07 Å². The molecule has 0 radical (unpaired) electrons. The zero-order valence-corrected chi connectivity index (χ0v) is 14.0. The molecule has 3 aromatic rings. The van der Waals surface area contributed by atoms with Crippen molar-refractivity contribution in [1.29, 1.82) is 0 Å². The number of hydrogen-bond donors (Lipinski definition) is 0. The van der Waals surface area contributed by atoms with E-state index in [9.17, 15) is 9.18 Å². The van der Waals surface area contributed by atoms with Crippen LogP contribution in [0.15, 0.2) is 23.4 Å². The molecule has 0 spiro atoms. The third kappa shape index (κ3) is 2.60. The van der Waals surface area contributed by atoms with Gasteiger partial charge in [0.2, 0.25) is 11.1 Å². The van der Waals surface area contributed by atoms with E-state index in [4.69, 9.17) is 0 Å². The maximum Gasteiger partial charge on any atom is 0.233 e. The Morgan fingerprint density at radius 3 is 2.88 bits per heavy atom. The molecule has 24 heavy (non-hydrogen) atoms. The van der Waals surface area contributed by atoms with Crippen molar-refractivity contribution in [3.63, 3.8) is 0 Å². The summed E-state index contributed by atoms with van der Waals surface area (Å²) in [6, 6.07) is 4.56. The molecule has 1 aliphatic heterocycles. The molecular weight excluding hydrogens is 329 g/mol. The quantitative estimate of drug-likeness (QED) is 0.682. The molecule has 0 atom stereocenters. The minimum atomic E-state index is -0.313. The van der Waals surface area contributed by atoms with Gasteiger partial charge in [-0.25, -0.2) is 9.37 Å². The first-order valence-electron chi connectivity index (χ1n) is 7.82. The SMILES string of the molecule is Cn1c2ccc(F)cc2c2nnc(SCC(=O)N3CCCC3)nc21. The molecule has 1 fully saturated rings. The number of carbonyl (C=O) groups excluding carboxylic acids is 1. The largest absolute Gasteiger partial charge is 0.342 e. The lowest BCUT2D eigenvalue weighted by Gasteiger charge is -2.13. The van der Waals surface area contributed by atoms with Crippen molar-refractivity contribution in [3.8, 4) is 0 Å². The number of fused-ring (bicyclic) bond motifs is 3. The second kappa shape index (κ2) is 6.01. The van der Waals surface area contributed by atoms with Gasteiger partial charge in [-0.1, -0.05) is 11.8 Å². The molecular formula is C16H16FN5OS. The monoisotopic (exact) mass is 345 g/mol. The first kappa shape index (κ1) is 15.3. The van der Waals surface area contributed by atoms with Gasteiger partial charge in [-0.3, -0.25) is 4.79 Å². The van der Waals surface area contributed by atoms with Crippen LogP contribution in [-0.2, 0) is 11.8 Å². The van der Waals surface area contributed by atoms with E-state index in [1.165, 1.54) is 23.9 Å². The topological polar surface area (TPSA) is 63.9 Å². The molecule has 1 aromatic carbocycles. The predicted molar refractivity (Wildman–Crippen MR) is 90.3 cm³/mol. The van der Waals surface area contributed by atoms with Gasteiger partial charge in [-0.05, 0) is 31.0 Å². The normalized spacial score (nSPS) is 14.8. The maximum atomic E-state index is 13.5. The molecule has 0 bridgehead atoms. The van der Waals surface area contributed by atoms with Crippen molar-refractivity contribution in [2.45, 2.75) is 18.0 Å². The molecule has 4 rings (SSSR count). The summed E-state index contributed by atoms with van der Waals surface area (Å²) < 4.78 is 15.4. The molecule has 2 aromatic heterocycles. The average Bonchev–Trinajstić information content (AvgIpc) is 3.21. The van der Waals surface area contributed by atoms with Crippen LogP contribution < -0.4 is 0 Å². The molecule has 1 aliphatic rings. The molecule has 1 saturated heterocycles. The molecule has 0 aliphatic carbocycles. The number of nitrogens with zero attached hydrogens (tertiary/aromatic N) is 5. The van der Waals surface area contributed by atoms with E-state index in [-0.39, 0.29) is 11.7 Å². The molecule has 8 heteroatoms. The smallest absolute Gasteiger partial charge is 0.233 e. The van der Waals surface area contributed by atoms with Crippen molar-refractivity contribution in [3.05, 3.63) is 24.0 Å². The number of halogens is 1. The van der Waals surface area contributed by atoms with Gasteiger partial charge in [0.15, 0.2) is 5.65 Å². The van der Waals surface area contributed by atoms with E-state index in [1.807, 2.05) is 16.5 Å². The highest BCUT2D eigenvalue weighted by Gasteiger charge is 2.19. The van der Waals surface area contributed by atoms with Crippen molar-refractivity contribution in [2.75, 3.05) is 18.8 Å². The van der Waals surface area contributed by atoms with Crippen LogP contribution in [0.3, 0.4) is 0 Å². The number of carbonyl (C=O) groups is 1. The highest BCUT2D eigenvalue weighted by Crippen LogP contribution is 2.27. The number of aromatic nitrogens is 4. The van der Waals surface area contributed by atoms with Gasteiger partial charge in [-0.15, -0.1) is 10.2 Å². The van der Waals surface area contributed by atoms with Crippen molar-refractivity contribution in [2.24, 2.45) is 7.05 Å². The minimum Gasteiger partial charge on any atom is -0.342 e. The summed E-state index contributed by atoms with van der Waals surface area (Å²) in [7, 11) is 1.86. The predicted octanol–water partition coefficient (Wildman–Crippen LogP) is 2.37. The Morgan fingerprint density at radius 2 is 2.08 bits per heavy atom. The summed E-state index contributed by atoms with van der Waals surface area (Å²) in [5, 5.41) is 9.45. The molecule has 0 unspecified atom stereocenters. The Kier molecular flexibility index (Phi) is 3.84. The third-order valence-electron chi connectivity index (χ3n) is 4.33. The first-order chi connectivity index (χ1) is 11.6. The van der Waals surface area contributed by atoms with Crippen molar-refractivity contribution < 1.29 is 9.18 Å². The van der Waals surface area contributed by atoms with Crippen LogP contribution in [0.2, 0.25) is 0 Å². The fourth-order valence-corrected chi connectivity index (χ4v) is 3.75. The number of amides is 1. The van der Waals surface area contributed by atoms with E-state index in [2.05, 4.69) is 15.2 Å². The van der Waals surface area contributed by atoms with Crippen molar-refractivity contribution >= 4 is 39.7 Å².